The molecule has 3 rings (SSSR count). The molecule has 0 aliphatic carbocycles. The summed E-state index contributed by atoms with van der Waals surface area (Å²) in [6, 6.07) is 12.9. The molecule has 0 bridgehead atoms. The number of piperidine rings is 1. The Morgan fingerprint density at radius 1 is 1.08 bits per heavy atom. The van der Waals surface area contributed by atoms with Crippen LogP contribution in [0.15, 0.2) is 42.5 Å². The van der Waals surface area contributed by atoms with E-state index in [1.807, 2.05) is 42.2 Å². The number of nitrogens with zero attached hydrogens (tertiary/aromatic N) is 1. The van der Waals surface area contributed by atoms with E-state index in [1.165, 1.54) is 6.42 Å². The predicted octanol–water partition coefficient (Wildman–Crippen LogP) is 4.94. The molecular formula is C21H24ClNO3. The highest BCUT2D eigenvalue weighted by molar-refractivity contribution is 6.30. The Kier molecular flexibility index (Phi) is 6.40. The fourth-order valence-corrected chi connectivity index (χ4v) is 3.30. The maximum Gasteiger partial charge on any atom is 0.253 e. The summed E-state index contributed by atoms with van der Waals surface area (Å²) in [6.07, 6.45) is 3.35. The minimum atomic E-state index is 0.0803. The Hall–Kier alpha value is -2.20. The summed E-state index contributed by atoms with van der Waals surface area (Å²) in [5, 5.41) is 0.626. The van der Waals surface area contributed by atoms with Gasteiger partial charge in [-0.15, -0.1) is 0 Å². The van der Waals surface area contributed by atoms with Crippen LogP contribution in [0.4, 0.5) is 0 Å². The first-order valence-electron chi connectivity index (χ1n) is 9.10. The zero-order chi connectivity index (χ0) is 18.4. The summed E-state index contributed by atoms with van der Waals surface area (Å²) in [7, 11) is 0. The number of hydrogen-bond acceptors (Lipinski definition) is 3. The standard InChI is InChI=1S/C21H24ClNO3/c1-2-25-20-10-9-16(21(24)23-11-4-3-5-12-23)13-17(20)15-26-19-8-6-7-18(22)14-19/h6-10,13-14H,2-5,11-12,15H2,1H3. The molecule has 0 unspecified atom stereocenters. The minimum Gasteiger partial charge on any atom is -0.493 e. The van der Waals surface area contributed by atoms with Gasteiger partial charge in [-0.2, -0.15) is 0 Å². The second-order valence-corrected chi connectivity index (χ2v) is 6.79. The second kappa shape index (κ2) is 8.95. The predicted molar refractivity (Wildman–Crippen MR) is 103 cm³/mol. The van der Waals surface area contributed by atoms with Crippen molar-refractivity contribution in [3.05, 3.63) is 58.6 Å². The van der Waals surface area contributed by atoms with E-state index in [9.17, 15) is 4.79 Å². The van der Waals surface area contributed by atoms with Crippen molar-refractivity contribution in [1.82, 2.24) is 4.90 Å². The lowest BCUT2D eigenvalue weighted by molar-refractivity contribution is 0.0724. The van der Waals surface area contributed by atoms with Gasteiger partial charge in [0.2, 0.25) is 0 Å². The van der Waals surface area contributed by atoms with Gasteiger partial charge < -0.3 is 14.4 Å². The van der Waals surface area contributed by atoms with E-state index in [1.54, 1.807) is 12.1 Å². The van der Waals surface area contributed by atoms with Crippen molar-refractivity contribution >= 4 is 17.5 Å². The van der Waals surface area contributed by atoms with Crippen LogP contribution in [0.1, 0.15) is 42.1 Å². The average Bonchev–Trinajstić information content (AvgIpc) is 2.67. The molecule has 138 valence electrons. The van der Waals surface area contributed by atoms with E-state index in [4.69, 9.17) is 21.1 Å². The third kappa shape index (κ3) is 4.70. The lowest BCUT2D eigenvalue weighted by Crippen LogP contribution is -2.35. The van der Waals surface area contributed by atoms with Gasteiger partial charge in [0.05, 0.1) is 6.61 Å². The van der Waals surface area contributed by atoms with Crippen molar-refractivity contribution in [2.45, 2.75) is 32.8 Å². The lowest BCUT2D eigenvalue weighted by Gasteiger charge is -2.27. The zero-order valence-corrected chi connectivity index (χ0v) is 15.8. The molecule has 2 aromatic rings. The second-order valence-electron chi connectivity index (χ2n) is 6.35. The summed E-state index contributed by atoms with van der Waals surface area (Å²) in [6.45, 7) is 4.48. The van der Waals surface area contributed by atoms with Gasteiger partial charge in [-0.3, -0.25) is 4.79 Å². The van der Waals surface area contributed by atoms with Crippen LogP contribution in [-0.2, 0) is 6.61 Å². The topological polar surface area (TPSA) is 38.8 Å². The fourth-order valence-electron chi connectivity index (χ4n) is 3.12. The molecule has 1 amide bonds. The molecule has 5 heteroatoms. The number of carbonyl (C=O) groups is 1. The molecule has 1 aliphatic rings. The largest absolute Gasteiger partial charge is 0.493 e. The van der Waals surface area contributed by atoms with Gasteiger partial charge in [-0.1, -0.05) is 17.7 Å². The van der Waals surface area contributed by atoms with Gasteiger partial charge in [-0.05, 0) is 62.6 Å². The average molecular weight is 374 g/mol. The molecule has 4 nitrogen and oxygen atoms in total. The van der Waals surface area contributed by atoms with E-state index >= 15 is 0 Å². The van der Waals surface area contributed by atoms with Crippen LogP contribution < -0.4 is 9.47 Å². The number of halogens is 1. The van der Waals surface area contributed by atoms with Crippen molar-refractivity contribution in [2.75, 3.05) is 19.7 Å². The summed E-state index contributed by atoms with van der Waals surface area (Å²) in [5.74, 6) is 1.51. The normalized spacial score (nSPS) is 14.2. The first-order valence-corrected chi connectivity index (χ1v) is 9.48. The fraction of sp³-hybridized carbons (Fsp3) is 0.381. The lowest BCUT2D eigenvalue weighted by atomic mass is 10.1. The molecule has 26 heavy (non-hydrogen) atoms. The molecule has 0 N–H and O–H groups in total. The molecule has 1 heterocycles. The first kappa shape index (κ1) is 18.6. The van der Waals surface area contributed by atoms with Gasteiger partial charge in [-0.25, -0.2) is 0 Å². The maximum absolute atomic E-state index is 12.8. The van der Waals surface area contributed by atoms with Crippen LogP contribution in [0, 0.1) is 0 Å². The van der Waals surface area contributed by atoms with Gasteiger partial charge in [0.25, 0.3) is 5.91 Å². The van der Waals surface area contributed by atoms with Gasteiger partial charge in [0, 0.05) is 29.2 Å². The van der Waals surface area contributed by atoms with E-state index in [0.717, 1.165) is 37.2 Å². The Balaban J connectivity index is 1.78. The van der Waals surface area contributed by atoms with E-state index in [2.05, 4.69) is 0 Å². The SMILES string of the molecule is CCOc1ccc(C(=O)N2CCCCC2)cc1COc1cccc(Cl)c1. The van der Waals surface area contributed by atoms with Crippen molar-refractivity contribution in [1.29, 1.82) is 0 Å². The first-order chi connectivity index (χ1) is 12.7. The van der Waals surface area contributed by atoms with Crippen LogP contribution in [0.5, 0.6) is 11.5 Å². The summed E-state index contributed by atoms with van der Waals surface area (Å²) < 4.78 is 11.5. The Bertz CT molecular complexity index is 757. The highest BCUT2D eigenvalue weighted by Crippen LogP contribution is 2.25. The monoisotopic (exact) mass is 373 g/mol. The number of hydrogen-bond donors (Lipinski definition) is 0. The third-order valence-corrected chi connectivity index (χ3v) is 4.68. The Morgan fingerprint density at radius 2 is 1.88 bits per heavy atom. The van der Waals surface area contributed by atoms with Crippen LogP contribution in [0.2, 0.25) is 5.02 Å². The molecule has 1 aliphatic heterocycles. The van der Waals surface area contributed by atoms with Crippen molar-refractivity contribution in [3.8, 4) is 11.5 Å². The number of amides is 1. The Labute approximate surface area is 159 Å². The molecule has 2 aromatic carbocycles. The van der Waals surface area contributed by atoms with Gasteiger partial charge in [0.1, 0.15) is 18.1 Å². The summed E-state index contributed by atoms with van der Waals surface area (Å²) in [5.41, 5.74) is 1.54. The third-order valence-electron chi connectivity index (χ3n) is 4.44. The van der Waals surface area contributed by atoms with Crippen LogP contribution in [-0.4, -0.2) is 30.5 Å². The maximum atomic E-state index is 12.8. The van der Waals surface area contributed by atoms with E-state index in [-0.39, 0.29) is 5.91 Å². The quantitative estimate of drug-likeness (QED) is 0.719. The number of ether oxygens (including phenoxy) is 2. The van der Waals surface area contributed by atoms with Crippen molar-refractivity contribution < 1.29 is 14.3 Å². The van der Waals surface area contributed by atoms with Gasteiger partial charge in [0.15, 0.2) is 0 Å². The molecular weight excluding hydrogens is 350 g/mol. The number of carbonyl (C=O) groups excluding carboxylic acids is 1. The van der Waals surface area contributed by atoms with E-state index < -0.39 is 0 Å². The number of likely N-dealkylation sites (tertiary alicyclic amines) is 1. The van der Waals surface area contributed by atoms with Crippen molar-refractivity contribution in [2.24, 2.45) is 0 Å². The van der Waals surface area contributed by atoms with Crippen LogP contribution >= 0.6 is 11.6 Å². The van der Waals surface area contributed by atoms with Crippen molar-refractivity contribution in [3.63, 3.8) is 0 Å². The molecule has 1 fully saturated rings. The Morgan fingerprint density at radius 3 is 2.62 bits per heavy atom. The summed E-state index contributed by atoms with van der Waals surface area (Å²) >= 11 is 6.01. The molecule has 0 aromatic heterocycles. The van der Waals surface area contributed by atoms with Crippen LogP contribution in [0.25, 0.3) is 0 Å². The zero-order valence-electron chi connectivity index (χ0n) is 15.0. The molecule has 0 spiro atoms. The smallest absolute Gasteiger partial charge is 0.253 e. The molecule has 0 atom stereocenters. The highest BCUT2D eigenvalue weighted by atomic mass is 35.5. The number of rotatable bonds is 6. The highest BCUT2D eigenvalue weighted by Gasteiger charge is 2.19. The molecule has 0 radical (unpaired) electrons. The number of benzene rings is 2. The van der Waals surface area contributed by atoms with E-state index in [0.29, 0.717) is 29.5 Å². The van der Waals surface area contributed by atoms with Crippen LogP contribution in [0.3, 0.4) is 0 Å². The molecule has 0 saturated carbocycles. The summed E-state index contributed by atoms with van der Waals surface area (Å²) in [4.78, 5) is 14.7. The molecule has 1 saturated heterocycles. The minimum absolute atomic E-state index is 0.0803. The van der Waals surface area contributed by atoms with Gasteiger partial charge >= 0.3 is 0 Å².